The molecule has 0 spiro atoms. The topological polar surface area (TPSA) is 41.1 Å². The zero-order valence-electron chi connectivity index (χ0n) is 12.8. The normalized spacial score (nSPS) is 24.0. The molecular formula is C17H25ClN2OS. The Balaban J connectivity index is 0.00000176. The lowest BCUT2D eigenvalue weighted by Gasteiger charge is -2.26. The Morgan fingerprint density at radius 1 is 1.36 bits per heavy atom. The van der Waals surface area contributed by atoms with E-state index >= 15 is 0 Å². The largest absolute Gasteiger partial charge is 0.355 e. The SMILES string of the molecule is Cl.O=C(CC1CSCCN1)NCC1CCCc2ccccc21. The van der Waals surface area contributed by atoms with Crippen molar-refractivity contribution in [3.63, 3.8) is 0 Å². The van der Waals surface area contributed by atoms with E-state index in [-0.39, 0.29) is 18.3 Å². The number of carbonyl (C=O) groups excluding carboxylic acids is 1. The number of nitrogens with one attached hydrogen (secondary N) is 2. The summed E-state index contributed by atoms with van der Waals surface area (Å²) >= 11 is 1.94. The van der Waals surface area contributed by atoms with Crippen molar-refractivity contribution in [2.45, 2.75) is 37.6 Å². The lowest BCUT2D eigenvalue weighted by Crippen LogP contribution is -2.42. The minimum absolute atomic E-state index is 0. The van der Waals surface area contributed by atoms with Crippen molar-refractivity contribution >= 4 is 30.1 Å². The standard InChI is InChI=1S/C17H24N2OS.ClH/c20-17(10-15-12-21-9-8-18-15)19-11-14-6-3-5-13-4-1-2-7-16(13)14;/h1-2,4,7,14-15,18H,3,5-6,8-12H2,(H,19,20);1H. The molecule has 1 aliphatic carbocycles. The number of carbonyl (C=O) groups is 1. The van der Waals surface area contributed by atoms with Gasteiger partial charge in [-0.3, -0.25) is 4.79 Å². The number of halogens is 1. The molecule has 1 heterocycles. The van der Waals surface area contributed by atoms with Gasteiger partial charge in [0.15, 0.2) is 0 Å². The number of thioether (sulfide) groups is 1. The summed E-state index contributed by atoms with van der Waals surface area (Å²) < 4.78 is 0. The zero-order valence-corrected chi connectivity index (χ0v) is 14.5. The third kappa shape index (κ3) is 4.64. The number of hydrogen-bond acceptors (Lipinski definition) is 3. The summed E-state index contributed by atoms with van der Waals surface area (Å²) in [4.78, 5) is 12.1. The van der Waals surface area contributed by atoms with Gasteiger partial charge in [-0.1, -0.05) is 24.3 Å². The molecule has 1 fully saturated rings. The van der Waals surface area contributed by atoms with Crippen LogP contribution in [0.2, 0.25) is 0 Å². The Bertz CT molecular complexity index is 491. The maximum absolute atomic E-state index is 12.1. The maximum Gasteiger partial charge on any atom is 0.221 e. The van der Waals surface area contributed by atoms with Crippen molar-refractivity contribution < 1.29 is 4.79 Å². The molecule has 1 saturated heterocycles. The van der Waals surface area contributed by atoms with Gasteiger partial charge in [0.25, 0.3) is 0 Å². The summed E-state index contributed by atoms with van der Waals surface area (Å²) in [7, 11) is 0. The molecular weight excluding hydrogens is 316 g/mol. The number of rotatable bonds is 4. The molecule has 2 atom stereocenters. The number of aryl methyl sites for hydroxylation is 1. The predicted molar refractivity (Wildman–Crippen MR) is 96.1 cm³/mol. The highest BCUT2D eigenvalue weighted by atomic mass is 35.5. The van der Waals surface area contributed by atoms with Crippen LogP contribution in [0.15, 0.2) is 24.3 Å². The smallest absolute Gasteiger partial charge is 0.221 e. The molecule has 2 unspecified atom stereocenters. The molecule has 0 saturated carbocycles. The first-order chi connectivity index (χ1) is 10.3. The molecule has 3 nitrogen and oxygen atoms in total. The summed E-state index contributed by atoms with van der Waals surface area (Å²) in [5.41, 5.74) is 2.91. The molecule has 3 rings (SSSR count). The quantitative estimate of drug-likeness (QED) is 0.885. The van der Waals surface area contributed by atoms with E-state index in [4.69, 9.17) is 0 Å². The van der Waals surface area contributed by atoms with Crippen molar-refractivity contribution in [3.8, 4) is 0 Å². The fraction of sp³-hybridized carbons (Fsp3) is 0.588. The first kappa shape index (κ1) is 17.6. The van der Waals surface area contributed by atoms with Crippen LogP contribution in [-0.4, -0.2) is 36.5 Å². The van der Waals surface area contributed by atoms with Crippen molar-refractivity contribution in [1.29, 1.82) is 0 Å². The molecule has 0 radical (unpaired) electrons. The number of hydrogen-bond donors (Lipinski definition) is 2. The zero-order chi connectivity index (χ0) is 14.5. The van der Waals surface area contributed by atoms with E-state index < -0.39 is 0 Å². The monoisotopic (exact) mass is 340 g/mol. The highest BCUT2D eigenvalue weighted by molar-refractivity contribution is 7.99. The van der Waals surface area contributed by atoms with Crippen LogP contribution in [0, 0.1) is 0 Å². The Hall–Kier alpha value is -0.710. The number of amides is 1. The van der Waals surface area contributed by atoms with Crippen LogP contribution in [-0.2, 0) is 11.2 Å². The molecule has 1 aromatic rings. The van der Waals surface area contributed by atoms with Gasteiger partial charge < -0.3 is 10.6 Å². The molecule has 22 heavy (non-hydrogen) atoms. The van der Waals surface area contributed by atoms with Crippen molar-refractivity contribution in [3.05, 3.63) is 35.4 Å². The summed E-state index contributed by atoms with van der Waals surface area (Å²) in [6.45, 7) is 1.81. The predicted octanol–water partition coefficient (Wildman–Crippen LogP) is 2.74. The van der Waals surface area contributed by atoms with Gasteiger partial charge in [0.2, 0.25) is 5.91 Å². The van der Waals surface area contributed by atoms with Gasteiger partial charge in [0, 0.05) is 43.0 Å². The second kappa shape index (κ2) is 8.80. The first-order valence-corrected chi connectivity index (χ1v) is 9.14. The molecule has 1 aliphatic heterocycles. The lowest BCUT2D eigenvalue weighted by atomic mass is 9.83. The Morgan fingerprint density at radius 3 is 3.05 bits per heavy atom. The molecule has 1 amide bonds. The lowest BCUT2D eigenvalue weighted by molar-refractivity contribution is -0.121. The molecule has 2 N–H and O–H groups in total. The van der Waals surface area contributed by atoms with E-state index in [1.165, 1.54) is 30.4 Å². The van der Waals surface area contributed by atoms with Crippen LogP contribution in [0.25, 0.3) is 0 Å². The second-order valence-electron chi connectivity index (χ2n) is 6.02. The second-order valence-corrected chi connectivity index (χ2v) is 7.17. The third-order valence-electron chi connectivity index (χ3n) is 4.47. The van der Waals surface area contributed by atoms with E-state index in [9.17, 15) is 4.79 Å². The summed E-state index contributed by atoms with van der Waals surface area (Å²) in [5, 5.41) is 6.57. The third-order valence-corrected chi connectivity index (χ3v) is 5.60. The van der Waals surface area contributed by atoms with Crippen LogP contribution >= 0.6 is 24.2 Å². The minimum Gasteiger partial charge on any atom is -0.355 e. The van der Waals surface area contributed by atoms with E-state index in [1.54, 1.807) is 0 Å². The van der Waals surface area contributed by atoms with Gasteiger partial charge in [-0.15, -0.1) is 12.4 Å². The Morgan fingerprint density at radius 2 is 2.23 bits per heavy atom. The molecule has 0 bridgehead atoms. The fourth-order valence-electron chi connectivity index (χ4n) is 3.35. The van der Waals surface area contributed by atoms with E-state index in [1.807, 2.05) is 11.8 Å². The van der Waals surface area contributed by atoms with Gasteiger partial charge in [-0.05, 0) is 30.4 Å². The molecule has 2 aliphatic rings. The van der Waals surface area contributed by atoms with Crippen LogP contribution < -0.4 is 10.6 Å². The highest BCUT2D eigenvalue weighted by Crippen LogP contribution is 2.30. The fourth-order valence-corrected chi connectivity index (χ4v) is 4.30. The van der Waals surface area contributed by atoms with Crippen molar-refractivity contribution in [1.82, 2.24) is 10.6 Å². The van der Waals surface area contributed by atoms with Crippen LogP contribution in [0.4, 0.5) is 0 Å². The van der Waals surface area contributed by atoms with Crippen molar-refractivity contribution in [2.75, 3.05) is 24.6 Å². The molecule has 1 aromatic carbocycles. The van der Waals surface area contributed by atoms with Crippen LogP contribution in [0.5, 0.6) is 0 Å². The number of benzene rings is 1. The van der Waals surface area contributed by atoms with Crippen molar-refractivity contribution in [2.24, 2.45) is 0 Å². The molecule has 0 aromatic heterocycles. The van der Waals surface area contributed by atoms with Crippen LogP contribution in [0.1, 0.15) is 36.3 Å². The van der Waals surface area contributed by atoms with Gasteiger partial charge in [0.05, 0.1) is 0 Å². The van der Waals surface area contributed by atoms with Crippen LogP contribution in [0.3, 0.4) is 0 Å². The molecule has 5 heteroatoms. The first-order valence-electron chi connectivity index (χ1n) is 7.98. The summed E-state index contributed by atoms with van der Waals surface area (Å²) in [5.74, 6) is 2.90. The van der Waals surface area contributed by atoms with E-state index in [0.717, 1.165) is 24.6 Å². The van der Waals surface area contributed by atoms with E-state index in [2.05, 4.69) is 34.9 Å². The van der Waals surface area contributed by atoms with Gasteiger partial charge in [-0.2, -0.15) is 11.8 Å². The van der Waals surface area contributed by atoms with E-state index in [0.29, 0.717) is 18.4 Å². The van der Waals surface area contributed by atoms with Gasteiger partial charge >= 0.3 is 0 Å². The Kier molecular flexibility index (Phi) is 7.06. The minimum atomic E-state index is 0. The molecule has 122 valence electrons. The summed E-state index contributed by atoms with van der Waals surface area (Å²) in [6.07, 6.45) is 4.22. The van der Waals surface area contributed by atoms with Gasteiger partial charge in [-0.25, -0.2) is 0 Å². The highest BCUT2D eigenvalue weighted by Gasteiger charge is 2.21. The average Bonchev–Trinajstić information content (AvgIpc) is 2.54. The average molecular weight is 341 g/mol. The Labute approximate surface area is 143 Å². The maximum atomic E-state index is 12.1. The number of fused-ring (bicyclic) bond motifs is 1. The van der Waals surface area contributed by atoms with Gasteiger partial charge in [0.1, 0.15) is 0 Å². The summed E-state index contributed by atoms with van der Waals surface area (Å²) in [6, 6.07) is 9.04.